The van der Waals surface area contributed by atoms with Gasteiger partial charge in [-0.3, -0.25) is 19.9 Å². The number of hydrogen-bond donors (Lipinski definition) is 3. The Balaban J connectivity index is 0.831. The molecule has 8 rings (SSSR count). The number of fused-ring (bicyclic) bond motifs is 1. The fraction of sp³-hybridized carbons (Fsp3) is 0.564. The number of hydrogen-bond acceptors (Lipinski definition) is 11. The van der Waals surface area contributed by atoms with Gasteiger partial charge in [0.2, 0.25) is 23.6 Å². The zero-order chi connectivity index (χ0) is 35.8. The highest BCUT2D eigenvalue weighted by molar-refractivity contribution is 5.86. The van der Waals surface area contributed by atoms with E-state index < -0.39 is 0 Å². The number of rotatable bonds is 10. The van der Waals surface area contributed by atoms with Crippen LogP contribution in [0.4, 0.5) is 6.01 Å². The number of nitrogens with zero attached hydrogens (tertiary/aromatic N) is 6. The lowest BCUT2D eigenvalue weighted by Crippen LogP contribution is -2.47. The Labute approximate surface area is 305 Å². The summed E-state index contributed by atoms with van der Waals surface area (Å²) in [6, 6.07) is 13.4. The Morgan fingerprint density at radius 3 is 2.63 bits per heavy atom. The third kappa shape index (κ3) is 6.93. The van der Waals surface area contributed by atoms with Gasteiger partial charge in [-0.15, -0.1) is 5.10 Å². The van der Waals surface area contributed by atoms with Crippen LogP contribution in [-0.2, 0) is 9.59 Å². The highest BCUT2D eigenvalue weighted by Crippen LogP contribution is 2.45. The molecule has 4 aliphatic heterocycles. The van der Waals surface area contributed by atoms with Crippen molar-refractivity contribution in [3.8, 4) is 17.3 Å². The summed E-state index contributed by atoms with van der Waals surface area (Å²) in [4.78, 5) is 38.5. The molecule has 276 valence electrons. The maximum absolute atomic E-state index is 14.2. The number of hydrazine groups is 1. The highest BCUT2D eigenvalue weighted by Gasteiger charge is 2.53. The SMILES string of the molecule is CCNc1nnc(-c2ccc(C3=CCN(C(=O)CN4CC[C@]5(CCN(C6CCC7NNC(c8ccc(OC(C)C)nc8)C7C6)C5=O)C4)CC3)cc2)o1. The number of anilines is 1. The van der Waals surface area contributed by atoms with Gasteiger partial charge in [-0.1, -0.05) is 29.4 Å². The molecule has 1 aromatic carbocycles. The van der Waals surface area contributed by atoms with E-state index in [9.17, 15) is 9.59 Å². The lowest BCUT2D eigenvalue weighted by Gasteiger charge is -2.38. The molecule has 1 saturated carbocycles. The van der Waals surface area contributed by atoms with Crippen LogP contribution in [0.1, 0.15) is 76.5 Å². The molecule has 6 heterocycles. The van der Waals surface area contributed by atoms with Gasteiger partial charge in [-0.2, -0.15) is 0 Å². The number of aromatic nitrogens is 3. The van der Waals surface area contributed by atoms with E-state index in [1.54, 1.807) is 0 Å². The number of nitrogens with one attached hydrogen (secondary N) is 3. The molecule has 13 nitrogen and oxygen atoms in total. The highest BCUT2D eigenvalue weighted by atomic mass is 16.5. The van der Waals surface area contributed by atoms with Crippen molar-refractivity contribution >= 4 is 23.4 Å². The average molecular weight is 710 g/mol. The van der Waals surface area contributed by atoms with E-state index in [2.05, 4.69) is 65.4 Å². The molecule has 5 aliphatic rings. The first-order valence-corrected chi connectivity index (χ1v) is 19.1. The quantitative estimate of drug-likeness (QED) is 0.278. The first kappa shape index (κ1) is 34.7. The molecule has 3 N–H and O–H groups in total. The van der Waals surface area contributed by atoms with Crippen LogP contribution in [0.3, 0.4) is 0 Å². The van der Waals surface area contributed by atoms with Crippen molar-refractivity contribution in [2.45, 2.75) is 83.5 Å². The van der Waals surface area contributed by atoms with Gasteiger partial charge < -0.3 is 24.3 Å². The van der Waals surface area contributed by atoms with E-state index in [-0.39, 0.29) is 29.5 Å². The summed E-state index contributed by atoms with van der Waals surface area (Å²) in [5, 5.41) is 11.2. The maximum atomic E-state index is 14.2. The molecular formula is C39H51N9O4. The van der Waals surface area contributed by atoms with Crippen LogP contribution in [0.15, 0.2) is 53.1 Å². The molecule has 3 saturated heterocycles. The van der Waals surface area contributed by atoms with Crippen LogP contribution in [0.5, 0.6) is 5.88 Å². The second-order valence-electron chi connectivity index (χ2n) is 15.4. The lowest BCUT2D eigenvalue weighted by molar-refractivity contribution is -0.139. The number of pyridine rings is 1. The lowest BCUT2D eigenvalue weighted by atomic mass is 9.77. The first-order valence-electron chi connectivity index (χ1n) is 19.1. The first-order chi connectivity index (χ1) is 25.3. The van der Waals surface area contributed by atoms with E-state index >= 15 is 0 Å². The Bertz CT molecular complexity index is 1780. The average Bonchev–Trinajstić information content (AvgIpc) is 3.96. The Hall–Kier alpha value is -4.33. The van der Waals surface area contributed by atoms with Crippen molar-refractivity contribution < 1.29 is 18.7 Å². The molecule has 0 bridgehead atoms. The molecule has 1 aliphatic carbocycles. The third-order valence-electron chi connectivity index (χ3n) is 11.8. The van der Waals surface area contributed by atoms with E-state index in [0.29, 0.717) is 61.8 Å². The van der Waals surface area contributed by atoms with Gasteiger partial charge in [-0.25, -0.2) is 10.4 Å². The standard InChI is InChI=1S/C39H51N9O4/c1-4-40-38-45-44-36(52-38)28-7-5-26(6-8-28)27-13-17-47(18-14-27)34(49)23-46-19-15-39(24-46)16-20-48(37(39)50)30-10-11-32-31(21-30)35(43-42-32)29-9-12-33(41-22-29)51-25(2)3/h5-9,12-13,22,25,30-32,35,42-43H,4,10-11,14-21,23-24H2,1-3H3,(H,40,45)/t30?,31?,32?,35?,39-/m0/s1. The van der Waals surface area contributed by atoms with Crippen molar-refractivity contribution in [3.63, 3.8) is 0 Å². The van der Waals surface area contributed by atoms with Gasteiger partial charge in [0.15, 0.2) is 0 Å². The molecule has 0 radical (unpaired) electrons. The molecule has 1 spiro atoms. The zero-order valence-electron chi connectivity index (χ0n) is 30.5. The summed E-state index contributed by atoms with van der Waals surface area (Å²) in [7, 11) is 0. The van der Waals surface area contributed by atoms with E-state index in [1.165, 1.54) is 5.57 Å². The van der Waals surface area contributed by atoms with E-state index in [4.69, 9.17) is 9.15 Å². The Kier molecular flexibility index (Phi) is 9.75. The molecule has 4 unspecified atom stereocenters. The van der Waals surface area contributed by atoms with E-state index in [1.807, 2.05) is 50.1 Å². The fourth-order valence-corrected chi connectivity index (χ4v) is 9.04. The zero-order valence-corrected chi connectivity index (χ0v) is 30.5. The minimum atomic E-state index is -0.366. The van der Waals surface area contributed by atoms with Crippen molar-refractivity contribution in [3.05, 3.63) is 59.8 Å². The topological polar surface area (TPSA) is 141 Å². The van der Waals surface area contributed by atoms with Crippen LogP contribution in [-0.4, -0.2) is 106 Å². The molecule has 5 atom stereocenters. The summed E-state index contributed by atoms with van der Waals surface area (Å²) in [5.74, 6) is 1.95. The molecule has 2 amide bonds. The van der Waals surface area contributed by atoms with Crippen molar-refractivity contribution in [2.24, 2.45) is 11.3 Å². The van der Waals surface area contributed by atoms with Gasteiger partial charge in [0.1, 0.15) is 0 Å². The minimum absolute atomic E-state index is 0.0850. The second-order valence-corrected chi connectivity index (χ2v) is 15.4. The summed E-state index contributed by atoms with van der Waals surface area (Å²) in [5.41, 5.74) is 11.1. The number of likely N-dealkylation sites (tertiary alicyclic amines) is 2. The van der Waals surface area contributed by atoms with Crippen LogP contribution in [0, 0.1) is 11.3 Å². The van der Waals surface area contributed by atoms with Crippen molar-refractivity contribution in [1.82, 2.24) is 40.7 Å². The van der Waals surface area contributed by atoms with Gasteiger partial charge in [0.25, 0.3) is 0 Å². The largest absolute Gasteiger partial charge is 0.475 e. The third-order valence-corrected chi connectivity index (χ3v) is 11.8. The predicted molar refractivity (Wildman–Crippen MR) is 197 cm³/mol. The summed E-state index contributed by atoms with van der Waals surface area (Å²) in [6.07, 6.45) is 9.69. The number of ether oxygens (including phenoxy) is 1. The molecular weight excluding hydrogens is 658 g/mol. The maximum Gasteiger partial charge on any atom is 0.315 e. The van der Waals surface area contributed by atoms with Crippen LogP contribution in [0.2, 0.25) is 0 Å². The summed E-state index contributed by atoms with van der Waals surface area (Å²) in [6.45, 7) is 10.6. The van der Waals surface area contributed by atoms with Crippen molar-refractivity contribution in [1.29, 1.82) is 0 Å². The second kappa shape index (κ2) is 14.6. The van der Waals surface area contributed by atoms with E-state index in [0.717, 1.165) is 74.8 Å². The number of amides is 2. The number of carbonyl (C=O) groups excluding carboxylic acids is 2. The van der Waals surface area contributed by atoms with Gasteiger partial charge in [-0.05, 0) is 101 Å². The molecule has 13 heteroatoms. The fourth-order valence-electron chi connectivity index (χ4n) is 9.04. The number of benzene rings is 1. The summed E-state index contributed by atoms with van der Waals surface area (Å²) < 4.78 is 11.4. The van der Waals surface area contributed by atoms with Gasteiger partial charge in [0, 0.05) is 62.6 Å². The van der Waals surface area contributed by atoms with Crippen LogP contribution < -0.4 is 20.9 Å². The molecule has 2 aromatic heterocycles. The molecule has 4 fully saturated rings. The smallest absolute Gasteiger partial charge is 0.315 e. The van der Waals surface area contributed by atoms with Gasteiger partial charge in [0.05, 0.1) is 24.1 Å². The van der Waals surface area contributed by atoms with Crippen LogP contribution >= 0.6 is 0 Å². The van der Waals surface area contributed by atoms with Gasteiger partial charge >= 0.3 is 6.01 Å². The predicted octanol–water partition coefficient (Wildman–Crippen LogP) is 4.28. The monoisotopic (exact) mass is 709 g/mol. The summed E-state index contributed by atoms with van der Waals surface area (Å²) >= 11 is 0. The normalized spacial score (nSPS) is 27.8. The Morgan fingerprint density at radius 2 is 1.88 bits per heavy atom. The van der Waals surface area contributed by atoms with Crippen molar-refractivity contribution in [2.75, 3.05) is 51.1 Å². The Morgan fingerprint density at radius 1 is 1.06 bits per heavy atom. The molecule has 52 heavy (non-hydrogen) atoms. The number of carbonyl (C=O) groups is 2. The van der Waals surface area contributed by atoms with Crippen LogP contribution in [0.25, 0.3) is 17.0 Å². The molecule has 3 aromatic rings. The minimum Gasteiger partial charge on any atom is -0.475 e.